The summed E-state index contributed by atoms with van der Waals surface area (Å²) in [6, 6.07) is -0.538. The van der Waals surface area contributed by atoms with Gasteiger partial charge in [-0.15, -0.1) is 0 Å². The number of aliphatic hydroxyl groups is 1. The topological polar surface area (TPSA) is 271 Å². The van der Waals surface area contributed by atoms with Crippen LogP contribution in [-0.2, 0) is 35.2 Å². The summed E-state index contributed by atoms with van der Waals surface area (Å²) in [5.74, 6) is -7.35. The minimum atomic E-state index is -1.84. The van der Waals surface area contributed by atoms with Crippen molar-refractivity contribution >= 4 is 35.6 Å². The van der Waals surface area contributed by atoms with Gasteiger partial charge in [-0.1, -0.05) is 12.1 Å². The number of amides is 4. The Morgan fingerprint density at radius 3 is 1.80 bits per heavy atom. The summed E-state index contributed by atoms with van der Waals surface area (Å²) in [7, 11) is 0. The zero-order valence-electron chi connectivity index (χ0n) is 18.3. The molecule has 0 aromatic heterocycles. The number of carboxylic acids is 2. The smallest absolute Gasteiger partial charge is 0.326 e. The number of rotatable bonds is 14. The van der Waals surface area contributed by atoms with Crippen molar-refractivity contribution < 1.29 is 49.2 Å². The number of carbonyl (C=O) groups is 6. The van der Waals surface area contributed by atoms with Gasteiger partial charge in [-0.05, 0) is 24.1 Å². The van der Waals surface area contributed by atoms with Crippen LogP contribution < -0.4 is 27.4 Å². The second kappa shape index (κ2) is 13.5. The fourth-order valence-corrected chi connectivity index (χ4v) is 2.78. The van der Waals surface area contributed by atoms with E-state index in [1.165, 1.54) is 24.3 Å². The Balaban J connectivity index is 2.87. The normalized spacial score (nSPS) is 14.0. The molecule has 0 bridgehead atoms. The van der Waals surface area contributed by atoms with E-state index in [-0.39, 0.29) is 12.2 Å². The highest BCUT2D eigenvalue weighted by molar-refractivity contribution is 5.96. The third-order valence-electron chi connectivity index (χ3n) is 4.58. The van der Waals surface area contributed by atoms with E-state index in [1.54, 1.807) is 0 Å². The molecule has 4 atom stereocenters. The van der Waals surface area contributed by atoms with E-state index in [9.17, 15) is 39.0 Å². The molecule has 35 heavy (non-hydrogen) atoms. The third-order valence-corrected chi connectivity index (χ3v) is 4.58. The molecule has 0 aliphatic carbocycles. The fourth-order valence-electron chi connectivity index (χ4n) is 2.78. The predicted octanol–water partition coefficient (Wildman–Crippen LogP) is -3.86. The summed E-state index contributed by atoms with van der Waals surface area (Å²) in [5.41, 5.74) is 11.5. The van der Waals surface area contributed by atoms with Gasteiger partial charge in [0.05, 0.1) is 25.5 Å². The summed E-state index contributed by atoms with van der Waals surface area (Å²) >= 11 is 0. The quantitative estimate of drug-likeness (QED) is 0.120. The highest BCUT2D eigenvalue weighted by Crippen LogP contribution is 2.11. The first kappa shape index (κ1) is 28.8. The van der Waals surface area contributed by atoms with Gasteiger partial charge in [0.25, 0.3) is 0 Å². The largest absolute Gasteiger partial charge is 0.508 e. The minimum Gasteiger partial charge on any atom is -0.508 e. The number of nitrogens with one attached hydrogen (secondary N) is 3. The van der Waals surface area contributed by atoms with Crippen LogP contribution >= 0.6 is 0 Å². The number of hydrogen-bond acceptors (Lipinski definition) is 9. The molecule has 0 saturated heterocycles. The predicted molar refractivity (Wildman–Crippen MR) is 116 cm³/mol. The molecule has 0 spiro atoms. The van der Waals surface area contributed by atoms with Crippen molar-refractivity contribution in [2.45, 2.75) is 43.4 Å². The van der Waals surface area contributed by atoms with Crippen molar-refractivity contribution in [3.05, 3.63) is 29.8 Å². The monoisotopic (exact) mass is 497 g/mol. The van der Waals surface area contributed by atoms with E-state index < -0.39 is 79.2 Å². The summed E-state index contributed by atoms with van der Waals surface area (Å²) in [6.07, 6.45) is -1.65. The van der Waals surface area contributed by atoms with Crippen molar-refractivity contribution in [3.8, 4) is 5.75 Å². The van der Waals surface area contributed by atoms with E-state index in [0.29, 0.717) is 5.56 Å². The summed E-state index contributed by atoms with van der Waals surface area (Å²) in [6.45, 7) is -1.02. The Hall–Kier alpha value is -4.24. The van der Waals surface area contributed by atoms with E-state index in [0.717, 1.165) is 0 Å². The van der Waals surface area contributed by atoms with Gasteiger partial charge in [-0.2, -0.15) is 0 Å². The van der Waals surface area contributed by atoms with Crippen LogP contribution in [0, 0.1) is 0 Å². The number of primary amides is 1. The van der Waals surface area contributed by atoms with Crippen LogP contribution in [-0.4, -0.2) is 86.8 Å². The first-order chi connectivity index (χ1) is 16.3. The zero-order valence-corrected chi connectivity index (χ0v) is 18.3. The van der Waals surface area contributed by atoms with Crippen LogP contribution in [0.4, 0.5) is 0 Å². The molecule has 0 heterocycles. The molecule has 0 radical (unpaired) electrons. The number of aliphatic carboxylic acids is 2. The average Bonchev–Trinajstić information content (AvgIpc) is 2.76. The first-order valence-corrected chi connectivity index (χ1v) is 10.1. The van der Waals surface area contributed by atoms with Crippen LogP contribution in [0.15, 0.2) is 24.3 Å². The number of phenolic OH excluding ortho intramolecular Hbond substituents is 1. The molecule has 4 unspecified atom stereocenters. The van der Waals surface area contributed by atoms with Crippen molar-refractivity contribution in [1.29, 1.82) is 0 Å². The Morgan fingerprint density at radius 2 is 1.31 bits per heavy atom. The number of carboxylic acid groups (broad SMARTS) is 2. The van der Waals surface area contributed by atoms with Crippen LogP contribution in [0.25, 0.3) is 0 Å². The highest BCUT2D eigenvalue weighted by atomic mass is 16.4. The molecule has 0 aliphatic heterocycles. The van der Waals surface area contributed by atoms with Crippen molar-refractivity contribution in [2.75, 3.05) is 6.61 Å². The zero-order chi connectivity index (χ0) is 26.7. The second-order valence-electron chi connectivity index (χ2n) is 7.45. The van der Waals surface area contributed by atoms with E-state index >= 15 is 0 Å². The molecule has 1 rings (SSSR count). The minimum absolute atomic E-state index is 0.00470. The molecule has 192 valence electrons. The lowest BCUT2D eigenvalue weighted by Gasteiger charge is -2.23. The lowest BCUT2D eigenvalue weighted by molar-refractivity contribution is -0.147. The molecular formula is C20H27N5O10. The van der Waals surface area contributed by atoms with Gasteiger partial charge in [0.2, 0.25) is 23.6 Å². The average molecular weight is 497 g/mol. The maximum atomic E-state index is 12.6. The molecule has 0 saturated carbocycles. The maximum absolute atomic E-state index is 12.6. The fraction of sp³-hybridized carbons (Fsp3) is 0.400. The van der Waals surface area contributed by atoms with Crippen LogP contribution in [0.1, 0.15) is 18.4 Å². The van der Waals surface area contributed by atoms with Crippen molar-refractivity contribution in [3.63, 3.8) is 0 Å². The van der Waals surface area contributed by atoms with Gasteiger partial charge in [0.15, 0.2) is 0 Å². The Morgan fingerprint density at radius 1 is 0.800 bits per heavy atom. The van der Waals surface area contributed by atoms with Gasteiger partial charge in [-0.25, -0.2) is 4.79 Å². The second-order valence-corrected chi connectivity index (χ2v) is 7.45. The Kier molecular flexibility index (Phi) is 11.1. The van der Waals surface area contributed by atoms with E-state index in [4.69, 9.17) is 21.7 Å². The molecule has 1 aromatic rings. The van der Waals surface area contributed by atoms with Crippen LogP contribution in [0.5, 0.6) is 5.75 Å². The number of phenols is 1. The first-order valence-electron chi connectivity index (χ1n) is 10.1. The van der Waals surface area contributed by atoms with Crippen LogP contribution in [0.2, 0.25) is 0 Å². The molecule has 0 aliphatic rings. The maximum Gasteiger partial charge on any atom is 0.326 e. The standard InChI is InChI=1S/C20H27N5O10/c21-11(5-9-1-3-10(27)4-2-9)17(31)23-12(6-15(22)28)18(32)25-14(8-26)19(33)24-13(20(34)35)7-16(29)30/h1-4,11-14,26-27H,5-8,21H2,(H2,22,28)(H,23,31)(H,24,33)(H,25,32)(H,29,30)(H,34,35). The number of benzene rings is 1. The van der Waals surface area contributed by atoms with E-state index in [2.05, 4.69) is 5.32 Å². The molecule has 0 fully saturated rings. The lowest BCUT2D eigenvalue weighted by Crippen LogP contribution is -2.58. The van der Waals surface area contributed by atoms with Gasteiger partial charge in [-0.3, -0.25) is 24.0 Å². The molecular weight excluding hydrogens is 470 g/mol. The number of hydrogen-bond donors (Lipinski definition) is 9. The van der Waals surface area contributed by atoms with Crippen molar-refractivity contribution in [2.24, 2.45) is 11.5 Å². The summed E-state index contributed by atoms with van der Waals surface area (Å²) < 4.78 is 0. The molecule has 15 heteroatoms. The number of aromatic hydroxyl groups is 1. The SMILES string of the molecule is NC(=O)CC(NC(=O)C(N)Cc1ccc(O)cc1)C(=O)NC(CO)C(=O)NC(CC(=O)O)C(=O)O. The number of nitrogens with two attached hydrogens (primary N) is 2. The lowest BCUT2D eigenvalue weighted by atomic mass is 10.0. The van der Waals surface area contributed by atoms with Gasteiger partial charge in [0, 0.05) is 0 Å². The third kappa shape index (κ3) is 10.1. The van der Waals surface area contributed by atoms with Gasteiger partial charge in [0.1, 0.15) is 23.9 Å². The van der Waals surface area contributed by atoms with Crippen LogP contribution in [0.3, 0.4) is 0 Å². The summed E-state index contributed by atoms with van der Waals surface area (Å²) in [4.78, 5) is 70.6. The molecule has 11 N–H and O–H groups in total. The van der Waals surface area contributed by atoms with Crippen molar-refractivity contribution in [1.82, 2.24) is 16.0 Å². The number of carbonyl (C=O) groups excluding carboxylic acids is 4. The number of aliphatic hydroxyl groups excluding tert-OH is 1. The Bertz CT molecular complexity index is 952. The molecule has 4 amide bonds. The highest BCUT2D eigenvalue weighted by Gasteiger charge is 2.31. The van der Waals surface area contributed by atoms with Gasteiger partial charge < -0.3 is 47.8 Å². The van der Waals surface area contributed by atoms with E-state index in [1.807, 2.05) is 10.6 Å². The molecule has 15 nitrogen and oxygen atoms in total. The summed E-state index contributed by atoms with van der Waals surface area (Å²) in [5, 5.41) is 42.6. The van der Waals surface area contributed by atoms with Gasteiger partial charge >= 0.3 is 11.9 Å². The molecule has 1 aromatic carbocycles. The Labute approximate surface area is 198 Å².